The van der Waals surface area contributed by atoms with Crippen LogP contribution in [0.4, 0.5) is 13.2 Å². The number of benzene rings is 3. The highest BCUT2D eigenvalue weighted by Crippen LogP contribution is 2.42. The van der Waals surface area contributed by atoms with Crippen molar-refractivity contribution >= 4 is 27.4 Å². The number of hydrogen-bond acceptors (Lipinski definition) is 3. The van der Waals surface area contributed by atoms with Gasteiger partial charge in [0, 0.05) is 9.58 Å². The minimum atomic E-state index is -4.51. The molecule has 4 rings (SSSR count). The molecule has 0 amide bonds. The van der Waals surface area contributed by atoms with Crippen molar-refractivity contribution in [2.75, 3.05) is 0 Å². The SMILES string of the molecule is CC(O)(c1cccc(C(F)(F)F)c1)c1cc2cccc(-c3cccc(C(=O)O)c3)c2s1. The molecule has 1 heterocycles. The molecule has 0 spiro atoms. The standard InChI is InChI=1S/C24H17F3O3S/c1-23(30,17-8-4-9-18(13-17)24(25,26)27)20-12-15-6-3-10-19(21(15)31-20)14-5-2-7-16(11-14)22(28)29/h2-13,30H,1H3,(H,28,29). The topological polar surface area (TPSA) is 57.5 Å². The zero-order valence-corrected chi connectivity index (χ0v) is 17.1. The molecule has 0 radical (unpaired) electrons. The summed E-state index contributed by atoms with van der Waals surface area (Å²) in [5.41, 5.74) is -0.664. The number of carbonyl (C=O) groups is 1. The maximum atomic E-state index is 13.1. The number of thiophene rings is 1. The van der Waals surface area contributed by atoms with Gasteiger partial charge in [0.2, 0.25) is 0 Å². The highest BCUT2D eigenvalue weighted by molar-refractivity contribution is 7.19. The van der Waals surface area contributed by atoms with Gasteiger partial charge in [-0.15, -0.1) is 11.3 Å². The molecule has 0 fully saturated rings. The lowest BCUT2D eigenvalue weighted by Gasteiger charge is -2.23. The van der Waals surface area contributed by atoms with E-state index >= 15 is 0 Å². The van der Waals surface area contributed by atoms with Gasteiger partial charge in [0.05, 0.1) is 11.1 Å². The molecule has 0 aliphatic carbocycles. The largest absolute Gasteiger partial charge is 0.478 e. The van der Waals surface area contributed by atoms with E-state index in [4.69, 9.17) is 0 Å². The Morgan fingerprint density at radius 2 is 1.58 bits per heavy atom. The zero-order chi connectivity index (χ0) is 22.4. The molecular weight excluding hydrogens is 425 g/mol. The van der Waals surface area contributed by atoms with Crippen molar-refractivity contribution in [3.63, 3.8) is 0 Å². The molecule has 0 aliphatic heterocycles. The second kappa shape index (κ2) is 7.51. The molecule has 1 unspecified atom stereocenters. The van der Waals surface area contributed by atoms with Gasteiger partial charge in [-0.05, 0) is 59.3 Å². The number of hydrogen-bond donors (Lipinski definition) is 2. The summed E-state index contributed by atoms with van der Waals surface area (Å²) in [7, 11) is 0. The third-order valence-corrected chi connectivity index (χ3v) is 6.59. The van der Waals surface area contributed by atoms with Gasteiger partial charge in [0.15, 0.2) is 0 Å². The molecule has 1 aromatic heterocycles. The van der Waals surface area contributed by atoms with Gasteiger partial charge in [0.1, 0.15) is 5.60 Å². The number of rotatable bonds is 4. The lowest BCUT2D eigenvalue weighted by atomic mass is 9.92. The van der Waals surface area contributed by atoms with E-state index in [-0.39, 0.29) is 11.1 Å². The highest BCUT2D eigenvalue weighted by Gasteiger charge is 2.34. The summed E-state index contributed by atoms with van der Waals surface area (Å²) in [5, 5.41) is 21.3. The molecule has 1 atom stereocenters. The Kier molecular flexibility index (Phi) is 5.11. The minimum absolute atomic E-state index is 0.142. The van der Waals surface area contributed by atoms with Crippen molar-refractivity contribution in [1.82, 2.24) is 0 Å². The predicted octanol–water partition coefficient (Wildman–Crippen LogP) is 6.54. The third-order valence-electron chi connectivity index (χ3n) is 5.20. The van der Waals surface area contributed by atoms with E-state index in [2.05, 4.69) is 0 Å². The van der Waals surface area contributed by atoms with Crippen LogP contribution in [0.1, 0.15) is 33.3 Å². The molecule has 0 saturated carbocycles. The molecular formula is C24H17F3O3S. The average Bonchev–Trinajstić information content (AvgIpc) is 3.18. The van der Waals surface area contributed by atoms with E-state index in [0.29, 0.717) is 10.4 Å². The minimum Gasteiger partial charge on any atom is -0.478 e. The monoisotopic (exact) mass is 442 g/mol. The van der Waals surface area contributed by atoms with Crippen LogP contribution in [-0.2, 0) is 11.8 Å². The number of carboxylic acids is 1. The molecule has 7 heteroatoms. The van der Waals surface area contributed by atoms with Crippen molar-refractivity contribution < 1.29 is 28.2 Å². The number of alkyl halides is 3. The Labute approximate surface area is 180 Å². The Morgan fingerprint density at radius 1 is 0.903 bits per heavy atom. The molecule has 3 aromatic carbocycles. The van der Waals surface area contributed by atoms with Crippen LogP contribution in [0, 0.1) is 0 Å². The smallest absolute Gasteiger partial charge is 0.416 e. The van der Waals surface area contributed by atoms with Crippen molar-refractivity contribution in [2.24, 2.45) is 0 Å². The Balaban J connectivity index is 1.83. The second-order valence-corrected chi connectivity index (χ2v) is 8.42. The molecule has 158 valence electrons. The fourth-order valence-electron chi connectivity index (χ4n) is 3.49. The maximum absolute atomic E-state index is 13.1. The van der Waals surface area contributed by atoms with Gasteiger partial charge in [-0.2, -0.15) is 13.2 Å². The summed E-state index contributed by atoms with van der Waals surface area (Å²) in [5.74, 6) is -1.03. The normalized spacial score (nSPS) is 13.8. The van der Waals surface area contributed by atoms with Crippen molar-refractivity contribution in [1.29, 1.82) is 0 Å². The van der Waals surface area contributed by atoms with Crippen molar-refractivity contribution in [3.05, 3.63) is 94.4 Å². The average molecular weight is 442 g/mol. The van der Waals surface area contributed by atoms with Gasteiger partial charge in [-0.1, -0.05) is 42.5 Å². The number of aliphatic hydroxyl groups is 1. The lowest BCUT2D eigenvalue weighted by molar-refractivity contribution is -0.137. The van der Waals surface area contributed by atoms with Gasteiger partial charge in [-0.25, -0.2) is 4.79 Å². The van der Waals surface area contributed by atoms with Gasteiger partial charge < -0.3 is 10.2 Å². The first-order valence-corrected chi connectivity index (χ1v) is 10.2. The number of aromatic carboxylic acids is 1. The summed E-state index contributed by atoms with van der Waals surface area (Å²) in [4.78, 5) is 11.8. The van der Waals surface area contributed by atoms with E-state index < -0.39 is 23.3 Å². The first kappa shape index (κ1) is 21.1. The Hall–Kier alpha value is -3.16. The fourth-order valence-corrected chi connectivity index (χ4v) is 4.75. The van der Waals surface area contributed by atoms with Crippen LogP contribution in [0.2, 0.25) is 0 Å². The van der Waals surface area contributed by atoms with Crippen LogP contribution < -0.4 is 0 Å². The van der Waals surface area contributed by atoms with Crippen molar-refractivity contribution in [2.45, 2.75) is 18.7 Å². The van der Waals surface area contributed by atoms with Gasteiger partial charge in [-0.3, -0.25) is 0 Å². The quantitative estimate of drug-likeness (QED) is 0.377. The molecule has 4 aromatic rings. The number of carboxylic acid groups (broad SMARTS) is 1. The van der Waals surface area contributed by atoms with Crippen LogP contribution in [0.3, 0.4) is 0 Å². The Bertz CT molecular complexity index is 1290. The van der Waals surface area contributed by atoms with E-state index in [1.54, 1.807) is 24.3 Å². The van der Waals surface area contributed by atoms with Gasteiger partial charge >= 0.3 is 12.1 Å². The van der Waals surface area contributed by atoms with E-state index in [9.17, 15) is 28.2 Å². The first-order valence-electron chi connectivity index (χ1n) is 9.34. The molecule has 3 nitrogen and oxygen atoms in total. The summed E-state index contributed by atoms with van der Waals surface area (Å²) in [6, 6.07) is 18.5. The van der Waals surface area contributed by atoms with E-state index in [1.165, 1.54) is 36.5 Å². The fraction of sp³-hybridized carbons (Fsp3) is 0.125. The van der Waals surface area contributed by atoms with Gasteiger partial charge in [0.25, 0.3) is 0 Å². The Morgan fingerprint density at radius 3 is 2.29 bits per heavy atom. The lowest BCUT2D eigenvalue weighted by Crippen LogP contribution is -2.22. The van der Waals surface area contributed by atoms with E-state index in [1.807, 2.05) is 18.2 Å². The zero-order valence-electron chi connectivity index (χ0n) is 16.3. The molecule has 0 aliphatic rings. The summed E-state index contributed by atoms with van der Waals surface area (Å²) >= 11 is 1.27. The van der Waals surface area contributed by atoms with Crippen LogP contribution in [0.25, 0.3) is 21.2 Å². The predicted molar refractivity (Wildman–Crippen MR) is 114 cm³/mol. The van der Waals surface area contributed by atoms with E-state index in [0.717, 1.165) is 27.8 Å². The molecule has 2 N–H and O–H groups in total. The third kappa shape index (κ3) is 3.94. The number of halogens is 3. The van der Waals surface area contributed by atoms with Crippen molar-refractivity contribution in [3.8, 4) is 11.1 Å². The molecule has 0 bridgehead atoms. The van der Waals surface area contributed by atoms with Crippen LogP contribution >= 0.6 is 11.3 Å². The second-order valence-electron chi connectivity index (χ2n) is 7.37. The molecule has 31 heavy (non-hydrogen) atoms. The van der Waals surface area contributed by atoms with Crippen LogP contribution in [-0.4, -0.2) is 16.2 Å². The highest BCUT2D eigenvalue weighted by atomic mass is 32.1. The number of fused-ring (bicyclic) bond motifs is 1. The maximum Gasteiger partial charge on any atom is 0.416 e. The summed E-state index contributed by atoms with van der Waals surface area (Å²) in [6.45, 7) is 1.47. The summed E-state index contributed by atoms with van der Waals surface area (Å²) in [6.07, 6.45) is -4.51. The first-order chi connectivity index (χ1) is 14.6. The van der Waals surface area contributed by atoms with Crippen LogP contribution in [0.15, 0.2) is 72.8 Å². The molecule has 0 saturated heterocycles. The summed E-state index contributed by atoms with van der Waals surface area (Å²) < 4.78 is 40.2. The van der Waals surface area contributed by atoms with Crippen LogP contribution in [0.5, 0.6) is 0 Å².